The van der Waals surface area contributed by atoms with E-state index < -0.39 is 11.6 Å². The van der Waals surface area contributed by atoms with Crippen molar-refractivity contribution in [2.24, 2.45) is 0 Å². The van der Waals surface area contributed by atoms with Gasteiger partial charge in [-0.25, -0.2) is 8.78 Å². The molecule has 1 heterocycles. The molecule has 2 aromatic rings. The first-order valence-electron chi connectivity index (χ1n) is 5.85. The van der Waals surface area contributed by atoms with Crippen molar-refractivity contribution in [1.29, 1.82) is 0 Å². The summed E-state index contributed by atoms with van der Waals surface area (Å²) >= 11 is 0. The Morgan fingerprint density at radius 1 is 1.28 bits per heavy atom. The van der Waals surface area contributed by atoms with Crippen molar-refractivity contribution in [3.63, 3.8) is 0 Å². The monoisotopic (exact) mass is 251 g/mol. The van der Waals surface area contributed by atoms with Crippen molar-refractivity contribution in [3.8, 4) is 0 Å². The fourth-order valence-corrected chi connectivity index (χ4v) is 1.70. The quantitative estimate of drug-likeness (QED) is 0.884. The zero-order valence-electron chi connectivity index (χ0n) is 10.2. The molecule has 0 aliphatic rings. The molecule has 0 spiro atoms. The maximum Gasteiger partial charge on any atom is 0.163 e. The average molecular weight is 251 g/mol. The second-order valence-electron chi connectivity index (χ2n) is 4.02. The highest BCUT2D eigenvalue weighted by molar-refractivity contribution is 5.18. The van der Waals surface area contributed by atoms with Crippen LogP contribution >= 0.6 is 0 Å². The van der Waals surface area contributed by atoms with Crippen molar-refractivity contribution < 1.29 is 8.78 Å². The van der Waals surface area contributed by atoms with Gasteiger partial charge in [0, 0.05) is 37.0 Å². The lowest BCUT2D eigenvalue weighted by atomic mass is 10.2. The minimum atomic E-state index is -0.812. The third-order valence-corrected chi connectivity index (χ3v) is 2.69. The van der Waals surface area contributed by atoms with Crippen molar-refractivity contribution in [2.75, 3.05) is 0 Å². The van der Waals surface area contributed by atoms with Crippen LogP contribution in [-0.2, 0) is 19.6 Å². The van der Waals surface area contributed by atoms with Crippen LogP contribution in [0.5, 0.6) is 0 Å². The minimum absolute atomic E-state index is 0.293. The number of nitrogens with zero attached hydrogens (tertiary/aromatic N) is 2. The maximum atomic E-state index is 13.4. The van der Waals surface area contributed by atoms with E-state index in [-0.39, 0.29) is 0 Å². The summed E-state index contributed by atoms with van der Waals surface area (Å²) < 4.78 is 28.1. The third-order valence-electron chi connectivity index (χ3n) is 2.69. The van der Waals surface area contributed by atoms with Crippen LogP contribution < -0.4 is 5.32 Å². The number of benzene rings is 1. The second kappa shape index (κ2) is 5.73. The van der Waals surface area contributed by atoms with Crippen LogP contribution in [0.1, 0.15) is 18.1 Å². The van der Waals surface area contributed by atoms with E-state index in [9.17, 15) is 8.78 Å². The molecule has 0 saturated heterocycles. The Hall–Kier alpha value is -1.75. The Morgan fingerprint density at radius 3 is 2.83 bits per heavy atom. The van der Waals surface area contributed by atoms with Crippen molar-refractivity contribution in [2.45, 2.75) is 26.6 Å². The summed E-state index contributed by atoms with van der Waals surface area (Å²) in [6, 6.07) is 4.19. The summed E-state index contributed by atoms with van der Waals surface area (Å²) in [7, 11) is 0. The lowest BCUT2D eigenvalue weighted by Crippen LogP contribution is -2.13. The number of halogens is 2. The number of rotatable bonds is 5. The van der Waals surface area contributed by atoms with E-state index in [1.54, 1.807) is 12.3 Å². The number of hydrogen-bond acceptors (Lipinski definition) is 2. The van der Waals surface area contributed by atoms with E-state index in [0.29, 0.717) is 18.7 Å². The molecule has 0 aliphatic carbocycles. The number of nitrogens with one attached hydrogen (secondary N) is 1. The molecular formula is C13H15F2N3. The molecule has 1 aromatic carbocycles. The SMILES string of the molecule is CCn1cc(CNCc2cccc(F)c2F)cn1. The van der Waals surface area contributed by atoms with Crippen molar-refractivity contribution in [1.82, 2.24) is 15.1 Å². The molecule has 3 nitrogen and oxygen atoms in total. The van der Waals surface area contributed by atoms with Gasteiger partial charge in [0.15, 0.2) is 11.6 Å². The predicted octanol–water partition coefficient (Wildman–Crippen LogP) is 2.47. The average Bonchev–Trinajstić information content (AvgIpc) is 2.82. The molecule has 0 fully saturated rings. The smallest absolute Gasteiger partial charge is 0.163 e. The molecule has 0 atom stereocenters. The van der Waals surface area contributed by atoms with Gasteiger partial charge in [0.2, 0.25) is 0 Å². The second-order valence-corrected chi connectivity index (χ2v) is 4.02. The highest BCUT2D eigenvalue weighted by Gasteiger charge is 2.06. The summed E-state index contributed by atoms with van der Waals surface area (Å²) in [5.74, 6) is -1.60. The summed E-state index contributed by atoms with van der Waals surface area (Å²) in [5.41, 5.74) is 1.35. The van der Waals surface area contributed by atoms with E-state index in [0.717, 1.165) is 18.2 Å². The lowest BCUT2D eigenvalue weighted by molar-refractivity contribution is 0.492. The normalized spacial score (nSPS) is 10.8. The fourth-order valence-electron chi connectivity index (χ4n) is 1.70. The van der Waals surface area contributed by atoms with Gasteiger partial charge in [-0.2, -0.15) is 5.10 Å². The highest BCUT2D eigenvalue weighted by Crippen LogP contribution is 2.11. The Labute approximate surface area is 104 Å². The van der Waals surface area contributed by atoms with E-state index >= 15 is 0 Å². The molecular weight excluding hydrogens is 236 g/mol. The van der Waals surface area contributed by atoms with Crippen LogP contribution in [0.2, 0.25) is 0 Å². The van der Waals surface area contributed by atoms with Gasteiger partial charge in [0.1, 0.15) is 0 Å². The van der Waals surface area contributed by atoms with Crippen LogP contribution in [0.3, 0.4) is 0 Å². The van der Waals surface area contributed by atoms with Crippen LogP contribution in [0.4, 0.5) is 8.78 Å². The molecule has 0 unspecified atom stereocenters. The number of aryl methyl sites for hydroxylation is 1. The fraction of sp³-hybridized carbons (Fsp3) is 0.308. The molecule has 0 bridgehead atoms. The molecule has 2 rings (SSSR count). The molecule has 18 heavy (non-hydrogen) atoms. The van der Waals surface area contributed by atoms with E-state index in [1.807, 2.05) is 17.8 Å². The van der Waals surface area contributed by atoms with Gasteiger partial charge < -0.3 is 5.32 Å². The minimum Gasteiger partial charge on any atom is -0.308 e. The first-order chi connectivity index (χ1) is 8.70. The zero-order valence-corrected chi connectivity index (χ0v) is 10.2. The standard InChI is InChI=1S/C13H15F2N3/c1-2-18-9-10(7-17-18)6-16-8-11-4-3-5-12(14)13(11)15/h3-5,7,9,16H,2,6,8H2,1H3. The van der Waals surface area contributed by atoms with E-state index in [1.165, 1.54) is 6.07 Å². The van der Waals surface area contributed by atoms with Crippen LogP contribution in [0.25, 0.3) is 0 Å². The van der Waals surface area contributed by atoms with Gasteiger partial charge in [-0.1, -0.05) is 12.1 Å². The molecule has 1 aromatic heterocycles. The number of hydrogen-bond donors (Lipinski definition) is 1. The van der Waals surface area contributed by atoms with Gasteiger partial charge in [-0.3, -0.25) is 4.68 Å². The molecule has 1 N–H and O–H groups in total. The number of aromatic nitrogens is 2. The maximum absolute atomic E-state index is 13.4. The zero-order chi connectivity index (χ0) is 13.0. The summed E-state index contributed by atoms with van der Waals surface area (Å²) in [6.07, 6.45) is 3.69. The third kappa shape index (κ3) is 2.92. The topological polar surface area (TPSA) is 29.9 Å². The molecule has 0 aliphatic heterocycles. The molecule has 5 heteroatoms. The largest absolute Gasteiger partial charge is 0.308 e. The van der Waals surface area contributed by atoms with Gasteiger partial charge >= 0.3 is 0 Å². The Morgan fingerprint density at radius 2 is 2.11 bits per heavy atom. The van der Waals surface area contributed by atoms with E-state index in [4.69, 9.17) is 0 Å². The first kappa shape index (κ1) is 12.7. The lowest BCUT2D eigenvalue weighted by Gasteiger charge is -2.05. The first-order valence-corrected chi connectivity index (χ1v) is 5.85. The van der Waals surface area contributed by atoms with E-state index in [2.05, 4.69) is 10.4 Å². The van der Waals surface area contributed by atoms with Crippen LogP contribution in [-0.4, -0.2) is 9.78 Å². The van der Waals surface area contributed by atoms with Gasteiger partial charge in [0.05, 0.1) is 6.20 Å². The predicted molar refractivity (Wildman–Crippen MR) is 64.8 cm³/mol. The molecule has 0 amide bonds. The van der Waals surface area contributed by atoms with Gasteiger partial charge in [-0.15, -0.1) is 0 Å². The summed E-state index contributed by atoms with van der Waals surface area (Å²) in [4.78, 5) is 0. The van der Waals surface area contributed by atoms with Crippen molar-refractivity contribution in [3.05, 3.63) is 53.4 Å². The molecule has 0 saturated carbocycles. The Kier molecular flexibility index (Phi) is 4.04. The van der Waals surface area contributed by atoms with Gasteiger partial charge in [-0.05, 0) is 13.0 Å². The Bertz CT molecular complexity index is 523. The van der Waals surface area contributed by atoms with Crippen molar-refractivity contribution >= 4 is 0 Å². The van der Waals surface area contributed by atoms with Crippen LogP contribution in [0, 0.1) is 11.6 Å². The Balaban J connectivity index is 1.90. The summed E-state index contributed by atoms with van der Waals surface area (Å²) in [6.45, 7) is 3.70. The molecule has 0 radical (unpaired) electrons. The highest BCUT2D eigenvalue weighted by atomic mass is 19.2. The molecule has 96 valence electrons. The van der Waals surface area contributed by atoms with Crippen LogP contribution in [0.15, 0.2) is 30.6 Å². The summed E-state index contributed by atoms with van der Waals surface area (Å²) in [5, 5.41) is 7.20. The van der Waals surface area contributed by atoms with Gasteiger partial charge in [0.25, 0.3) is 0 Å².